The third kappa shape index (κ3) is 1.57. The summed E-state index contributed by atoms with van der Waals surface area (Å²) < 4.78 is 0. The molecule has 0 spiro atoms. The molecule has 0 unspecified atom stereocenters. The molecule has 0 aliphatic heterocycles. The lowest BCUT2D eigenvalue weighted by Gasteiger charge is -2.09. The molecular weight excluding hydrogens is 108 g/mol. The molecule has 0 aromatic carbocycles. The first-order valence-electron chi connectivity index (χ1n) is 3.87. The Labute approximate surface area is 58.0 Å². The monoisotopic (exact) mass is 124 g/mol. The average molecular weight is 124 g/mol. The molecule has 0 amide bonds. The van der Waals surface area contributed by atoms with Gasteiger partial charge in [-0.05, 0) is 31.6 Å². The Morgan fingerprint density at radius 1 is 1.56 bits per heavy atom. The van der Waals surface area contributed by atoms with Gasteiger partial charge in [-0.25, -0.2) is 0 Å². The normalized spacial score (nSPS) is 27.1. The van der Waals surface area contributed by atoms with Gasteiger partial charge in [0.1, 0.15) is 0 Å². The van der Waals surface area contributed by atoms with E-state index in [-0.39, 0.29) is 0 Å². The van der Waals surface area contributed by atoms with Gasteiger partial charge < -0.3 is 0 Å². The maximum atomic E-state index is 2.44. The summed E-state index contributed by atoms with van der Waals surface area (Å²) in [4.78, 5) is 0. The van der Waals surface area contributed by atoms with Crippen LogP contribution in [0.25, 0.3) is 0 Å². The van der Waals surface area contributed by atoms with Gasteiger partial charge in [0.15, 0.2) is 0 Å². The van der Waals surface area contributed by atoms with E-state index in [0.29, 0.717) is 0 Å². The van der Waals surface area contributed by atoms with Gasteiger partial charge in [-0.2, -0.15) is 0 Å². The summed E-state index contributed by atoms with van der Waals surface area (Å²) in [6, 6.07) is 0. The van der Waals surface area contributed by atoms with Crippen molar-refractivity contribution in [1.82, 2.24) is 0 Å². The van der Waals surface area contributed by atoms with E-state index < -0.39 is 0 Å². The van der Waals surface area contributed by atoms with Crippen LogP contribution in [0.5, 0.6) is 0 Å². The topological polar surface area (TPSA) is 0 Å². The third-order valence-electron chi connectivity index (χ3n) is 2.23. The lowest BCUT2D eigenvalue weighted by molar-refractivity contribution is 0.458. The molecular formula is C9H16. The van der Waals surface area contributed by atoms with Crippen LogP contribution in [0.1, 0.15) is 33.6 Å². The number of rotatable bonds is 1. The highest BCUT2D eigenvalue weighted by molar-refractivity contribution is 5.08. The number of allylic oxidation sites excluding steroid dienone is 2. The van der Waals surface area contributed by atoms with Crippen LogP contribution in [-0.4, -0.2) is 0 Å². The highest BCUT2D eigenvalue weighted by Gasteiger charge is 2.15. The minimum Gasteiger partial charge on any atom is -0.0822 e. The van der Waals surface area contributed by atoms with E-state index in [1.165, 1.54) is 12.8 Å². The first-order chi connectivity index (χ1) is 4.20. The molecule has 1 atom stereocenters. The highest BCUT2D eigenvalue weighted by Crippen LogP contribution is 2.28. The van der Waals surface area contributed by atoms with Crippen LogP contribution in [0.15, 0.2) is 11.6 Å². The average Bonchev–Trinajstić information content (AvgIpc) is 2.14. The Morgan fingerprint density at radius 3 is 2.44 bits per heavy atom. The second-order valence-electron chi connectivity index (χ2n) is 3.46. The summed E-state index contributed by atoms with van der Waals surface area (Å²) in [7, 11) is 0. The maximum absolute atomic E-state index is 2.44. The number of hydrogen-bond acceptors (Lipinski definition) is 0. The molecule has 0 aromatic rings. The Bertz CT molecular complexity index is 120. The van der Waals surface area contributed by atoms with Crippen molar-refractivity contribution in [1.29, 1.82) is 0 Å². The molecule has 0 heterocycles. The summed E-state index contributed by atoms with van der Waals surface area (Å²) in [6.45, 7) is 6.85. The molecule has 0 fully saturated rings. The fraction of sp³-hybridized carbons (Fsp3) is 0.778. The Morgan fingerprint density at radius 2 is 2.22 bits per heavy atom. The van der Waals surface area contributed by atoms with Crippen LogP contribution in [0, 0.1) is 11.8 Å². The molecule has 9 heavy (non-hydrogen) atoms. The van der Waals surface area contributed by atoms with Gasteiger partial charge >= 0.3 is 0 Å². The van der Waals surface area contributed by atoms with Crippen molar-refractivity contribution in [3.63, 3.8) is 0 Å². The van der Waals surface area contributed by atoms with Gasteiger partial charge in [0.05, 0.1) is 0 Å². The molecule has 52 valence electrons. The van der Waals surface area contributed by atoms with Crippen molar-refractivity contribution in [2.24, 2.45) is 11.8 Å². The quantitative estimate of drug-likeness (QED) is 0.471. The van der Waals surface area contributed by atoms with Crippen LogP contribution in [0.4, 0.5) is 0 Å². The van der Waals surface area contributed by atoms with Crippen LogP contribution in [0.3, 0.4) is 0 Å². The predicted octanol–water partition coefficient (Wildman–Crippen LogP) is 3.00. The van der Waals surface area contributed by atoms with Crippen LogP contribution >= 0.6 is 0 Å². The zero-order valence-corrected chi connectivity index (χ0v) is 6.65. The second-order valence-corrected chi connectivity index (χ2v) is 3.46. The minimum absolute atomic E-state index is 0.849. The molecule has 0 saturated carbocycles. The minimum atomic E-state index is 0.849. The molecule has 1 aliphatic rings. The highest BCUT2D eigenvalue weighted by atomic mass is 14.2. The molecule has 0 nitrogen and oxygen atoms in total. The smallest absolute Gasteiger partial charge is 0.0205 e. The first-order valence-corrected chi connectivity index (χ1v) is 3.87. The van der Waals surface area contributed by atoms with Crippen molar-refractivity contribution >= 4 is 0 Å². The van der Waals surface area contributed by atoms with Crippen LogP contribution < -0.4 is 0 Å². The van der Waals surface area contributed by atoms with Crippen molar-refractivity contribution in [3.05, 3.63) is 11.6 Å². The maximum Gasteiger partial charge on any atom is -0.0205 e. The molecule has 0 radical (unpaired) electrons. The van der Waals surface area contributed by atoms with Crippen molar-refractivity contribution < 1.29 is 0 Å². The Kier molecular flexibility index (Phi) is 1.94. The zero-order chi connectivity index (χ0) is 6.85. The van der Waals surface area contributed by atoms with Crippen molar-refractivity contribution in [2.75, 3.05) is 0 Å². The summed E-state index contributed by atoms with van der Waals surface area (Å²) in [6.07, 6.45) is 5.16. The van der Waals surface area contributed by atoms with Gasteiger partial charge in [0.2, 0.25) is 0 Å². The first kappa shape index (κ1) is 6.85. The Balaban J connectivity index is 2.47. The molecule has 0 heteroatoms. The fourth-order valence-corrected chi connectivity index (χ4v) is 1.45. The second kappa shape index (κ2) is 2.55. The molecule has 0 saturated heterocycles. The van der Waals surface area contributed by atoms with E-state index >= 15 is 0 Å². The van der Waals surface area contributed by atoms with Gasteiger partial charge in [0, 0.05) is 0 Å². The van der Waals surface area contributed by atoms with E-state index in [1.54, 1.807) is 5.57 Å². The lowest BCUT2D eigenvalue weighted by Crippen LogP contribution is -2.00. The van der Waals surface area contributed by atoms with Gasteiger partial charge in [-0.3, -0.25) is 0 Å². The van der Waals surface area contributed by atoms with Gasteiger partial charge in [-0.15, -0.1) is 0 Å². The SMILES string of the molecule is CC1=C[C@@H](C(C)C)CC1. The van der Waals surface area contributed by atoms with Crippen molar-refractivity contribution in [3.8, 4) is 0 Å². The van der Waals surface area contributed by atoms with Crippen LogP contribution in [0.2, 0.25) is 0 Å². The zero-order valence-electron chi connectivity index (χ0n) is 6.65. The predicted molar refractivity (Wildman–Crippen MR) is 41.3 cm³/mol. The molecule has 0 bridgehead atoms. The van der Waals surface area contributed by atoms with Crippen molar-refractivity contribution in [2.45, 2.75) is 33.6 Å². The van der Waals surface area contributed by atoms with Gasteiger partial charge in [-0.1, -0.05) is 25.5 Å². The lowest BCUT2D eigenvalue weighted by atomic mass is 9.96. The van der Waals surface area contributed by atoms with Crippen LogP contribution in [-0.2, 0) is 0 Å². The summed E-state index contributed by atoms with van der Waals surface area (Å²) in [5, 5.41) is 0. The molecule has 1 aliphatic carbocycles. The van der Waals surface area contributed by atoms with Gasteiger partial charge in [0.25, 0.3) is 0 Å². The van der Waals surface area contributed by atoms with E-state index in [0.717, 1.165) is 11.8 Å². The largest absolute Gasteiger partial charge is 0.0822 e. The fourth-order valence-electron chi connectivity index (χ4n) is 1.45. The van der Waals surface area contributed by atoms with E-state index in [1.807, 2.05) is 0 Å². The molecule has 1 rings (SSSR count). The standard InChI is InChI=1S/C9H16/c1-7(2)9-5-4-8(3)6-9/h6-7,9H,4-5H2,1-3H3/t9-/m0/s1. The summed E-state index contributed by atoms with van der Waals surface area (Å²) >= 11 is 0. The summed E-state index contributed by atoms with van der Waals surface area (Å²) in [5.41, 5.74) is 1.59. The van der Waals surface area contributed by atoms with E-state index in [4.69, 9.17) is 0 Å². The molecule has 0 aromatic heterocycles. The summed E-state index contributed by atoms with van der Waals surface area (Å²) in [5.74, 6) is 1.73. The van der Waals surface area contributed by atoms with E-state index in [2.05, 4.69) is 26.8 Å². The van der Waals surface area contributed by atoms with E-state index in [9.17, 15) is 0 Å². The Hall–Kier alpha value is -0.260. The number of hydrogen-bond donors (Lipinski definition) is 0. The molecule has 0 N–H and O–H groups in total. The third-order valence-corrected chi connectivity index (χ3v) is 2.23.